The van der Waals surface area contributed by atoms with Crippen LogP contribution in [0.4, 0.5) is 0 Å². The normalized spacial score (nSPS) is 17.0. The predicted octanol–water partition coefficient (Wildman–Crippen LogP) is 4.53. The Hall–Kier alpha value is -1.02. The molecule has 0 radical (unpaired) electrons. The van der Waals surface area contributed by atoms with Gasteiger partial charge < -0.3 is 10.1 Å². The largest absolute Gasteiger partial charge is 0.489 e. The molecule has 1 aromatic carbocycles. The van der Waals surface area contributed by atoms with Gasteiger partial charge in [0.25, 0.3) is 0 Å². The van der Waals surface area contributed by atoms with E-state index in [0.717, 1.165) is 24.8 Å². The Balaban J connectivity index is 1.96. The fourth-order valence-corrected chi connectivity index (χ4v) is 2.35. The van der Waals surface area contributed by atoms with Gasteiger partial charge in [0.15, 0.2) is 0 Å². The fourth-order valence-electron chi connectivity index (χ4n) is 2.35. The summed E-state index contributed by atoms with van der Waals surface area (Å²) in [5.41, 5.74) is 1.62. The van der Waals surface area contributed by atoms with Gasteiger partial charge in [-0.15, -0.1) is 0 Å². The first-order valence-electron chi connectivity index (χ1n) is 8.43. The van der Waals surface area contributed by atoms with Gasteiger partial charge >= 0.3 is 0 Å². The van der Waals surface area contributed by atoms with Crippen molar-refractivity contribution in [1.29, 1.82) is 0 Å². The van der Waals surface area contributed by atoms with Gasteiger partial charge in [-0.3, -0.25) is 0 Å². The van der Waals surface area contributed by atoms with Crippen molar-refractivity contribution in [3.05, 3.63) is 29.8 Å². The molecule has 0 heterocycles. The van der Waals surface area contributed by atoms with Crippen LogP contribution in [0.15, 0.2) is 24.3 Å². The molecule has 1 atom stereocenters. The van der Waals surface area contributed by atoms with E-state index in [9.17, 15) is 0 Å². The first-order chi connectivity index (χ1) is 9.92. The van der Waals surface area contributed by atoms with Gasteiger partial charge in [0.2, 0.25) is 0 Å². The van der Waals surface area contributed by atoms with Gasteiger partial charge in [-0.05, 0) is 48.3 Å². The smallest absolute Gasteiger partial charge is 0.119 e. The minimum Gasteiger partial charge on any atom is -0.489 e. The fraction of sp³-hybridized carbons (Fsp3) is 0.684. The van der Waals surface area contributed by atoms with Crippen LogP contribution in [0.5, 0.6) is 5.75 Å². The SMILES string of the molecule is CCC(C)(C)c1ccc(OC(CNC2CC2)C(C)C)cc1. The van der Waals surface area contributed by atoms with Crippen molar-refractivity contribution in [2.75, 3.05) is 6.54 Å². The first-order valence-corrected chi connectivity index (χ1v) is 8.43. The Labute approximate surface area is 130 Å². The molecule has 1 aliphatic carbocycles. The molecule has 1 saturated carbocycles. The molecule has 0 amide bonds. The summed E-state index contributed by atoms with van der Waals surface area (Å²) in [6.07, 6.45) is 4.04. The first kappa shape index (κ1) is 16.4. The second-order valence-electron chi connectivity index (χ2n) is 7.34. The number of rotatable bonds is 8. The maximum Gasteiger partial charge on any atom is 0.119 e. The lowest BCUT2D eigenvalue weighted by molar-refractivity contribution is 0.148. The summed E-state index contributed by atoms with van der Waals surface area (Å²) in [5, 5.41) is 3.58. The lowest BCUT2D eigenvalue weighted by Crippen LogP contribution is -2.36. The van der Waals surface area contributed by atoms with Gasteiger partial charge in [0.1, 0.15) is 11.9 Å². The van der Waals surface area contributed by atoms with Crippen LogP contribution in [0.2, 0.25) is 0 Å². The lowest BCUT2D eigenvalue weighted by Gasteiger charge is -2.25. The number of nitrogens with one attached hydrogen (secondary N) is 1. The van der Waals surface area contributed by atoms with Crippen molar-refractivity contribution in [2.24, 2.45) is 5.92 Å². The summed E-state index contributed by atoms with van der Waals surface area (Å²) in [6, 6.07) is 9.41. The van der Waals surface area contributed by atoms with Crippen molar-refractivity contribution < 1.29 is 4.74 Å². The van der Waals surface area contributed by atoms with Crippen molar-refractivity contribution in [2.45, 2.75) is 71.4 Å². The van der Waals surface area contributed by atoms with Crippen molar-refractivity contribution in [3.63, 3.8) is 0 Å². The van der Waals surface area contributed by atoms with Gasteiger partial charge in [-0.2, -0.15) is 0 Å². The van der Waals surface area contributed by atoms with E-state index in [1.54, 1.807) is 0 Å². The minimum absolute atomic E-state index is 0.240. The highest BCUT2D eigenvalue weighted by Crippen LogP contribution is 2.28. The van der Waals surface area contributed by atoms with E-state index in [1.807, 2.05) is 0 Å². The molecule has 1 aromatic rings. The summed E-state index contributed by atoms with van der Waals surface area (Å²) < 4.78 is 6.19. The lowest BCUT2D eigenvalue weighted by atomic mass is 9.82. The van der Waals surface area contributed by atoms with Crippen LogP contribution in [-0.4, -0.2) is 18.7 Å². The standard InChI is InChI=1S/C19H31NO/c1-6-19(4,5)15-7-11-17(12-8-15)21-18(14(2)3)13-20-16-9-10-16/h7-8,11-12,14,16,18,20H,6,9-10,13H2,1-5H3. The molecule has 2 rings (SSSR count). The summed E-state index contributed by atoms with van der Waals surface area (Å²) in [5.74, 6) is 1.50. The molecule has 0 spiro atoms. The monoisotopic (exact) mass is 289 g/mol. The average molecular weight is 289 g/mol. The summed E-state index contributed by atoms with van der Waals surface area (Å²) in [6.45, 7) is 12.2. The van der Waals surface area contributed by atoms with Crippen LogP contribution in [0.3, 0.4) is 0 Å². The molecule has 1 unspecified atom stereocenters. The topological polar surface area (TPSA) is 21.3 Å². The summed E-state index contributed by atoms with van der Waals surface area (Å²) >= 11 is 0. The molecule has 1 aliphatic rings. The van der Waals surface area contributed by atoms with Crippen LogP contribution >= 0.6 is 0 Å². The molecule has 0 bridgehead atoms. The molecular weight excluding hydrogens is 258 g/mol. The highest BCUT2D eigenvalue weighted by atomic mass is 16.5. The molecule has 0 saturated heterocycles. The van der Waals surface area contributed by atoms with Gasteiger partial charge in [0.05, 0.1) is 0 Å². The van der Waals surface area contributed by atoms with Gasteiger partial charge in [-0.1, -0.05) is 46.8 Å². The van der Waals surface area contributed by atoms with E-state index < -0.39 is 0 Å². The van der Waals surface area contributed by atoms with Crippen LogP contribution in [0.1, 0.15) is 59.4 Å². The predicted molar refractivity (Wildman–Crippen MR) is 90.0 cm³/mol. The highest BCUT2D eigenvalue weighted by Gasteiger charge is 2.24. The molecule has 1 fully saturated rings. The average Bonchev–Trinajstić information content (AvgIpc) is 3.27. The quantitative estimate of drug-likeness (QED) is 0.759. The van der Waals surface area contributed by atoms with Crippen molar-refractivity contribution in [1.82, 2.24) is 5.32 Å². The van der Waals surface area contributed by atoms with E-state index in [2.05, 4.69) is 64.2 Å². The van der Waals surface area contributed by atoms with Crippen molar-refractivity contribution >= 4 is 0 Å². The zero-order valence-corrected chi connectivity index (χ0v) is 14.3. The molecule has 21 heavy (non-hydrogen) atoms. The third-order valence-corrected chi connectivity index (χ3v) is 4.74. The van der Waals surface area contributed by atoms with Gasteiger partial charge in [-0.25, -0.2) is 0 Å². The third-order valence-electron chi connectivity index (χ3n) is 4.74. The maximum atomic E-state index is 6.19. The summed E-state index contributed by atoms with van der Waals surface area (Å²) in [4.78, 5) is 0. The zero-order valence-electron chi connectivity index (χ0n) is 14.3. The molecule has 118 valence electrons. The molecule has 0 aromatic heterocycles. The summed E-state index contributed by atoms with van der Waals surface area (Å²) in [7, 11) is 0. The Morgan fingerprint density at radius 3 is 2.29 bits per heavy atom. The second kappa shape index (κ2) is 6.83. The van der Waals surface area contributed by atoms with E-state index in [4.69, 9.17) is 4.74 Å². The number of ether oxygens (including phenoxy) is 1. The maximum absolute atomic E-state index is 6.19. The van der Waals surface area contributed by atoms with E-state index in [0.29, 0.717) is 5.92 Å². The molecule has 2 heteroatoms. The third kappa shape index (κ3) is 4.74. The molecule has 1 N–H and O–H groups in total. The second-order valence-corrected chi connectivity index (χ2v) is 7.34. The van der Waals surface area contributed by atoms with Crippen molar-refractivity contribution in [3.8, 4) is 5.75 Å². The van der Waals surface area contributed by atoms with Gasteiger partial charge in [0, 0.05) is 12.6 Å². The molecular formula is C19H31NO. The number of hydrogen-bond donors (Lipinski definition) is 1. The number of benzene rings is 1. The minimum atomic E-state index is 0.240. The van der Waals surface area contributed by atoms with E-state index >= 15 is 0 Å². The zero-order chi connectivity index (χ0) is 15.5. The van der Waals surface area contributed by atoms with E-state index in [-0.39, 0.29) is 11.5 Å². The Kier molecular flexibility index (Phi) is 5.32. The van der Waals surface area contributed by atoms with Crippen LogP contribution < -0.4 is 10.1 Å². The number of hydrogen-bond acceptors (Lipinski definition) is 2. The Bertz CT molecular complexity index is 431. The van der Waals surface area contributed by atoms with Crippen LogP contribution in [0.25, 0.3) is 0 Å². The Morgan fingerprint density at radius 1 is 1.19 bits per heavy atom. The highest BCUT2D eigenvalue weighted by molar-refractivity contribution is 5.31. The van der Waals surface area contributed by atoms with Crippen LogP contribution in [0, 0.1) is 5.92 Å². The molecule has 0 aliphatic heterocycles. The van der Waals surface area contributed by atoms with E-state index in [1.165, 1.54) is 18.4 Å². The Morgan fingerprint density at radius 2 is 1.81 bits per heavy atom. The van der Waals surface area contributed by atoms with Crippen LogP contribution in [-0.2, 0) is 5.41 Å². The molecule has 2 nitrogen and oxygen atoms in total.